The zero-order valence-corrected chi connectivity index (χ0v) is 14.0. The molecule has 23 heavy (non-hydrogen) atoms. The number of aryl methyl sites for hydroxylation is 1. The van der Waals surface area contributed by atoms with Crippen LogP contribution in [0, 0.1) is 6.92 Å². The van der Waals surface area contributed by atoms with Gasteiger partial charge in [-0.05, 0) is 48.6 Å². The molecule has 0 aromatic heterocycles. The highest BCUT2D eigenvalue weighted by Gasteiger charge is 2.45. The molecule has 3 rings (SSSR count). The van der Waals surface area contributed by atoms with Crippen LogP contribution in [-0.2, 0) is 12.0 Å². The van der Waals surface area contributed by atoms with Crippen LogP contribution in [0.5, 0.6) is 0 Å². The highest BCUT2D eigenvalue weighted by molar-refractivity contribution is 6.30. The maximum absolute atomic E-state index is 12.0. The monoisotopic (exact) mass is 328 g/mol. The number of amides is 2. The first-order chi connectivity index (χ1) is 11.1. The average Bonchev–Trinajstić information content (AvgIpc) is 3.34. The molecule has 0 unspecified atom stereocenters. The minimum absolute atomic E-state index is 0.125. The molecule has 3 nitrogen and oxygen atoms in total. The highest BCUT2D eigenvalue weighted by atomic mass is 35.5. The van der Waals surface area contributed by atoms with E-state index in [2.05, 4.69) is 41.8 Å². The fourth-order valence-electron chi connectivity index (χ4n) is 2.96. The summed E-state index contributed by atoms with van der Waals surface area (Å²) in [7, 11) is 0. The van der Waals surface area contributed by atoms with Crippen LogP contribution >= 0.6 is 11.6 Å². The third kappa shape index (κ3) is 3.85. The SMILES string of the molecule is Cc1ccccc1C1(CNC(=O)NCc2ccc(Cl)cc2)CC1. The lowest BCUT2D eigenvalue weighted by molar-refractivity contribution is 0.239. The number of carbonyl (C=O) groups is 1. The van der Waals surface area contributed by atoms with Crippen molar-refractivity contribution in [3.63, 3.8) is 0 Å². The van der Waals surface area contributed by atoms with Crippen molar-refractivity contribution in [2.45, 2.75) is 31.7 Å². The molecule has 0 heterocycles. The molecule has 0 spiro atoms. The van der Waals surface area contributed by atoms with Gasteiger partial charge in [-0.3, -0.25) is 0 Å². The Kier molecular flexibility index (Phi) is 4.58. The summed E-state index contributed by atoms with van der Waals surface area (Å²) in [4.78, 5) is 12.0. The van der Waals surface area contributed by atoms with Gasteiger partial charge in [-0.25, -0.2) is 4.79 Å². The molecule has 2 aromatic rings. The predicted molar refractivity (Wildman–Crippen MR) is 93.8 cm³/mol. The molecule has 120 valence electrons. The van der Waals surface area contributed by atoms with Gasteiger partial charge >= 0.3 is 6.03 Å². The van der Waals surface area contributed by atoms with Crippen molar-refractivity contribution in [3.05, 3.63) is 70.2 Å². The van der Waals surface area contributed by atoms with E-state index in [1.807, 2.05) is 24.3 Å². The summed E-state index contributed by atoms with van der Waals surface area (Å²) < 4.78 is 0. The summed E-state index contributed by atoms with van der Waals surface area (Å²) in [5.74, 6) is 0. The number of urea groups is 1. The van der Waals surface area contributed by atoms with Crippen LogP contribution in [0.3, 0.4) is 0 Å². The number of rotatable bonds is 5. The lowest BCUT2D eigenvalue weighted by Gasteiger charge is -2.19. The second kappa shape index (κ2) is 6.63. The molecular weight excluding hydrogens is 308 g/mol. The van der Waals surface area contributed by atoms with E-state index in [1.165, 1.54) is 11.1 Å². The Bertz CT molecular complexity index is 693. The molecule has 1 aliphatic carbocycles. The smallest absolute Gasteiger partial charge is 0.315 e. The summed E-state index contributed by atoms with van der Waals surface area (Å²) in [5, 5.41) is 6.61. The molecule has 2 aromatic carbocycles. The lowest BCUT2D eigenvalue weighted by atomic mass is 9.92. The normalized spacial score (nSPS) is 15.0. The van der Waals surface area contributed by atoms with E-state index in [4.69, 9.17) is 11.6 Å². The van der Waals surface area contributed by atoms with Crippen LogP contribution < -0.4 is 10.6 Å². The van der Waals surface area contributed by atoms with Gasteiger partial charge in [0.25, 0.3) is 0 Å². The van der Waals surface area contributed by atoms with Crippen molar-refractivity contribution in [2.75, 3.05) is 6.54 Å². The Morgan fingerprint density at radius 3 is 2.43 bits per heavy atom. The van der Waals surface area contributed by atoms with E-state index in [1.54, 1.807) is 0 Å². The van der Waals surface area contributed by atoms with Crippen LogP contribution in [0.25, 0.3) is 0 Å². The number of halogens is 1. The van der Waals surface area contributed by atoms with Crippen molar-refractivity contribution in [3.8, 4) is 0 Å². The molecule has 2 N–H and O–H groups in total. The van der Waals surface area contributed by atoms with Crippen molar-refractivity contribution < 1.29 is 4.79 Å². The lowest BCUT2D eigenvalue weighted by Crippen LogP contribution is -2.39. The third-order valence-electron chi connectivity index (χ3n) is 4.52. The van der Waals surface area contributed by atoms with Gasteiger partial charge in [0.2, 0.25) is 0 Å². The molecule has 1 saturated carbocycles. The molecule has 1 fully saturated rings. The topological polar surface area (TPSA) is 41.1 Å². The zero-order chi connectivity index (χ0) is 16.3. The summed E-state index contributed by atoms with van der Waals surface area (Å²) in [6.45, 7) is 3.32. The van der Waals surface area contributed by atoms with E-state index >= 15 is 0 Å². The predicted octanol–water partition coefficient (Wildman–Crippen LogP) is 4.18. The van der Waals surface area contributed by atoms with Gasteiger partial charge in [-0.2, -0.15) is 0 Å². The number of carbonyl (C=O) groups excluding carboxylic acids is 1. The minimum Gasteiger partial charge on any atom is -0.337 e. The van der Waals surface area contributed by atoms with Gasteiger partial charge in [-0.1, -0.05) is 48.0 Å². The fourth-order valence-corrected chi connectivity index (χ4v) is 3.08. The zero-order valence-electron chi connectivity index (χ0n) is 13.2. The molecule has 0 bridgehead atoms. The number of hydrogen-bond acceptors (Lipinski definition) is 1. The van der Waals surface area contributed by atoms with Crippen LogP contribution in [-0.4, -0.2) is 12.6 Å². The molecule has 0 aliphatic heterocycles. The van der Waals surface area contributed by atoms with E-state index in [0.29, 0.717) is 18.1 Å². The van der Waals surface area contributed by atoms with Gasteiger partial charge in [0.1, 0.15) is 0 Å². The Morgan fingerprint density at radius 1 is 1.09 bits per heavy atom. The van der Waals surface area contributed by atoms with Crippen LogP contribution in [0.4, 0.5) is 4.79 Å². The van der Waals surface area contributed by atoms with Gasteiger partial charge in [0.05, 0.1) is 0 Å². The van der Waals surface area contributed by atoms with Crippen molar-refractivity contribution in [2.24, 2.45) is 0 Å². The Balaban J connectivity index is 1.51. The first-order valence-corrected chi connectivity index (χ1v) is 8.29. The van der Waals surface area contributed by atoms with Crippen molar-refractivity contribution >= 4 is 17.6 Å². The molecule has 0 saturated heterocycles. The van der Waals surface area contributed by atoms with Gasteiger partial charge in [0, 0.05) is 23.5 Å². The van der Waals surface area contributed by atoms with Crippen molar-refractivity contribution in [1.82, 2.24) is 10.6 Å². The quantitative estimate of drug-likeness (QED) is 0.849. The summed E-state index contributed by atoms with van der Waals surface area (Å²) >= 11 is 5.85. The summed E-state index contributed by atoms with van der Waals surface area (Å²) in [5.41, 5.74) is 3.82. The molecule has 4 heteroatoms. The second-order valence-electron chi connectivity index (χ2n) is 6.26. The second-order valence-corrected chi connectivity index (χ2v) is 6.69. The molecule has 1 aliphatic rings. The van der Waals surface area contributed by atoms with E-state index in [-0.39, 0.29) is 11.4 Å². The maximum atomic E-state index is 12.0. The van der Waals surface area contributed by atoms with Gasteiger partial charge in [0.15, 0.2) is 0 Å². The molecule has 0 atom stereocenters. The largest absolute Gasteiger partial charge is 0.337 e. The number of benzene rings is 2. The number of nitrogens with one attached hydrogen (secondary N) is 2. The van der Waals surface area contributed by atoms with Gasteiger partial charge < -0.3 is 10.6 Å². The molecule has 0 radical (unpaired) electrons. The third-order valence-corrected chi connectivity index (χ3v) is 4.78. The van der Waals surface area contributed by atoms with Crippen LogP contribution in [0.1, 0.15) is 29.5 Å². The van der Waals surface area contributed by atoms with Crippen LogP contribution in [0.2, 0.25) is 5.02 Å². The maximum Gasteiger partial charge on any atom is 0.315 e. The van der Waals surface area contributed by atoms with Crippen molar-refractivity contribution in [1.29, 1.82) is 0 Å². The molecular formula is C19H21ClN2O. The number of hydrogen-bond donors (Lipinski definition) is 2. The first-order valence-electron chi connectivity index (χ1n) is 7.91. The Labute approximate surface area is 142 Å². The summed E-state index contributed by atoms with van der Waals surface area (Å²) in [6.07, 6.45) is 2.27. The standard InChI is InChI=1S/C19H21ClN2O/c1-14-4-2-3-5-17(14)19(10-11-19)13-22-18(23)21-12-15-6-8-16(20)9-7-15/h2-9H,10-13H2,1H3,(H2,21,22,23). The van der Waals surface area contributed by atoms with E-state index < -0.39 is 0 Å². The highest BCUT2D eigenvalue weighted by Crippen LogP contribution is 2.48. The Hall–Kier alpha value is -2.00. The van der Waals surface area contributed by atoms with Gasteiger partial charge in [-0.15, -0.1) is 0 Å². The van der Waals surface area contributed by atoms with E-state index in [0.717, 1.165) is 18.4 Å². The summed E-state index contributed by atoms with van der Waals surface area (Å²) in [6, 6.07) is 15.8. The fraction of sp³-hybridized carbons (Fsp3) is 0.316. The first kappa shape index (κ1) is 15.9. The minimum atomic E-state index is -0.125. The molecule has 2 amide bonds. The van der Waals surface area contributed by atoms with Crippen LogP contribution in [0.15, 0.2) is 48.5 Å². The van der Waals surface area contributed by atoms with E-state index in [9.17, 15) is 4.79 Å². The average molecular weight is 329 g/mol. The Morgan fingerprint density at radius 2 is 1.78 bits per heavy atom.